The van der Waals surface area contributed by atoms with Crippen molar-refractivity contribution in [2.75, 3.05) is 12.4 Å². The van der Waals surface area contributed by atoms with Gasteiger partial charge in [0.15, 0.2) is 0 Å². The molecule has 0 fully saturated rings. The molecule has 0 radical (unpaired) electrons. The highest BCUT2D eigenvalue weighted by molar-refractivity contribution is 7.85. The largest absolute Gasteiger partial charge is 0.506 e. The molecule has 5 nitrogen and oxygen atoms in total. The third-order valence-electron chi connectivity index (χ3n) is 1.54. The Morgan fingerprint density at radius 3 is 2.46 bits per heavy atom. The van der Waals surface area contributed by atoms with Crippen LogP contribution in [0, 0.1) is 0 Å². The SMILES string of the molecule is CNc1cc(S(=O)(=O)O)ccc1O. The molecular weight excluding hydrogens is 194 g/mol. The quantitative estimate of drug-likeness (QED) is 0.486. The fourth-order valence-corrected chi connectivity index (χ4v) is 1.38. The molecule has 1 aromatic carbocycles. The van der Waals surface area contributed by atoms with Crippen LogP contribution in [0.1, 0.15) is 0 Å². The van der Waals surface area contributed by atoms with Gasteiger partial charge in [0.25, 0.3) is 10.1 Å². The van der Waals surface area contributed by atoms with E-state index in [9.17, 15) is 8.42 Å². The van der Waals surface area contributed by atoms with Crippen molar-refractivity contribution in [2.24, 2.45) is 0 Å². The molecule has 1 aromatic rings. The molecule has 0 spiro atoms. The van der Waals surface area contributed by atoms with E-state index in [-0.39, 0.29) is 16.3 Å². The van der Waals surface area contributed by atoms with E-state index in [2.05, 4.69) is 5.32 Å². The maximum Gasteiger partial charge on any atom is 0.294 e. The van der Waals surface area contributed by atoms with Crippen LogP contribution in [0.2, 0.25) is 0 Å². The lowest BCUT2D eigenvalue weighted by Gasteiger charge is -2.04. The van der Waals surface area contributed by atoms with E-state index in [4.69, 9.17) is 9.66 Å². The van der Waals surface area contributed by atoms with Crippen molar-refractivity contribution in [1.82, 2.24) is 0 Å². The van der Waals surface area contributed by atoms with Crippen molar-refractivity contribution in [3.8, 4) is 5.75 Å². The summed E-state index contributed by atoms with van der Waals surface area (Å²) < 4.78 is 30.0. The maximum atomic E-state index is 10.7. The van der Waals surface area contributed by atoms with E-state index in [0.29, 0.717) is 0 Å². The Morgan fingerprint density at radius 2 is 2.00 bits per heavy atom. The fraction of sp³-hybridized carbons (Fsp3) is 0.143. The molecule has 0 saturated heterocycles. The van der Waals surface area contributed by atoms with Crippen LogP contribution >= 0.6 is 0 Å². The van der Waals surface area contributed by atoms with Gasteiger partial charge in [0.1, 0.15) is 5.75 Å². The van der Waals surface area contributed by atoms with Gasteiger partial charge in [0, 0.05) is 7.05 Å². The average molecular weight is 203 g/mol. The number of hydrogen-bond donors (Lipinski definition) is 3. The predicted molar refractivity (Wildman–Crippen MR) is 47.5 cm³/mol. The molecule has 0 aliphatic heterocycles. The molecule has 3 N–H and O–H groups in total. The second-order valence-corrected chi connectivity index (χ2v) is 3.83. The highest BCUT2D eigenvalue weighted by Gasteiger charge is 2.11. The summed E-state index contributed by atoms with van der Waals surface area (Å²) in [5.41, 5.74) is 0.245. The van der Waals surface area contributed by atoms with E-state index in [1.165, 1.54) is 13.1 Å². The summed E-state index contributed by atoms with van der Waals surface area (Å²) in [6.45, 7) is 0. The number of anilines is 1. The molecule has 0 amide bonds. The summed E-state index contributed by atoms with van der Waals surface area (Å²) in [5, 5.41) is 11.7. The average Bonchev–Trinajstić information content (AvgIpc) is 2.03. The first-order valence-electron chi connectivity index (χ1n) is 3.43. The topological polar surface area (TPSA) is 86.6 Å². The summed E-state index contributed by atoms with van der Waals surface area (Å²) in [6.07, 6.45) is 0. The number of rotatable bonds is 2. The molecule has 0 heterocycles. The number of nitrogens with one attached hydrogen (secondary N) is 1. The Balaban J connectivity index is 3.30. The molecule has 72 valence electrons. The van der Waals surface area contributed by atoms with Gasteiger partial charge in [0.05, 0.1) is 10.6 Å². The molecule has 0 aromatic heterocycles. The zero-order valence-corrected chi connectivity index (χ0v) is 7.67. The molecule has 1 rings (SSSR count). The summed E-state index contributed by atoms with van der Waals surface area (Å²) in [6, 6.07) is 3.45. The molecule has 0 atom stereocenters. The first kappa shape index (κ1) is 9.82. The van der Waals surface area contributed by atoms with E-state index in [1.54, 1.807) is 0 Å². The minimum absolute atomic E-state index is 0.0742. The number of benzene rings is 1. The summed E-state index contributed by atoms with van der Waals surface area (Å²) in [5.74, 6) is -0.0742. The number of phenols is 1. The molecule has 6 heteroatoms. The van der Waals surface area contributed by atoms with Gasteiger partial charge in [0.2, 0.25) is 0 Å². The van der Waals surface area contributed by atoms with Gasteiger partial charge in [-0.3, -0.25) is 4.55 Å². The lowest BCUT2D eigenvalue weighted by Crippen LogP contribution is -1.99. The molecule has 0 aliphatic rings. The van der Waals surface area contributed by atoms with Gasteiger partial charge in [-0.1, -0.05) is 0 Å². The second kappa shape index (κ2) is 3.23. The Hall–Kier alpha value is -1.27. The van der Waals surface area contributed by atoms with Gasteiger partial charge in [-0.15, -0.1) is 0 Å². The third-order valence-corrected chi connectivity index (χ3v) is 2.38. The highest BCUT2D eigenvalue weighted by Crippen LogP contribution is 2.25. The van der Waals surface area contributed by atoms with Crippen molar-refractivity contribution in [3.05, 3.63) is 18.2 Å². The lowest BCUT2D eigenvalue weighted by molar-refractivity contribution is 0.474. The van der Waals surface area contributed by atoms with Crippen molar-refractivity contribution < 1.29 is 18.1 Å². The van der Waals surface area contributed by atoms with Gasteiger partial charge in [-0.25, -0.2) is 0 Å². The second-order valence-electron chi connectivity index (χ2n) is 2.40. The minimum atomic E-state index is -4.20. The molecule has 0 bridgehead atoms. The van der Waals surface area contributed by atoms with Crippen LogP contribution in [0.4, 0.5) is 5.69 Å². The van der Waals surface area contributed by atoms with Crippen LogP contribution in [-0.2, 0) is 10.1 Å². The van der Waals surface area contributed by atoms with Crippen LogP contribution in [-0.4, -0.2) is 25.1 Å². The number of hydrogen-bond acceptors (Lipinski definition) is 4. The summed E-state index contributed by atoms with van der Waals surface area (Å²) in [4.78, 5) is -0.255. The molecule has 0 aliphatic carbocycles. The highest BCUT2D eigenvalue weighted by atomic mass is 32.2. The van der Waals surface area contributed by atoms with Crippen LogP contribution in [0.5, 0.6) is 5.75 Å². The van der Waals surface area contributed by atoms with Crippen molar-refractivity contribution in [3.63, 3.8) is 0 Å². The Bertz CT molecular complexity index is 413. The fourth-order valence-electron chi connectivity index (χ4n) is 0.876. The van der Waals surface area contributed by atoms with Gasteiger partial charge < -0.3 is 10.4 Å². The van der Waals surface area contributed by atoms with Crippen LogP contribution < -0.4 is 5.32 Å². The van der Waals surface area contributed by atoms with E-state index in [0.717, 1.165) is 12.1 Å². The first-order valence-corrected chi connectivity index (χ1v) is 4.87. The van der Waals surface area contributed by atoms with Crippen LogP contribution in [0.25, 0.3) is 0 Å². The lowest BCUT2D eigenvalue weighted by atomic mass is 10.3. The zero-order chi connectivity index (χ0) is 10.1. The van der Waals surface area contributed by atoms with Crippen molar-refractivity contribution in [1.29, 1.82) is 0 Å². The monoisotopic (exact) mass is 203 g/mol. The molecule has 13 heavy (non-hydrogen) atoms. The first-order chi connectivity index (χ1) is 5.95. The van der Waals surface area contributed by atoms with Crippen molar-refractivity contribution in [2.45, 2.75) is 4.90 Å². The van der Waals surface area contributed by atoms with E-state index in [1.807, 2.05) is 0 Å². The predicted octanol–water partition coefficient (Wildman–Crippen LogP) is 0.681. The summed E-state index contributed by atoms with van der Waals surface area (Å²) >= 11 is 0. The zero-order valence-electron chi connectivity index (χ0n) is 6.85. The minimum Gasteiger partial charge on any atom is -0.506 e. The Morgan fingerprint density at radius 1 is 1.38 bits per heavy atom. The smallest absolute Gasteiger partial charge is 0.294 e. The Labute approximate surface area is 75.8 Å². The van der Waals surface area contributed by atoms with Crippen LogP contribution in [0.15, 0.2) is 23.1 Å². The van der Waals surface area contributed by atoms with Crippen molar-refractivity contribution >= 4 is 15.8 Å². The molecule has 0 saturated carbocycles. The number of phenolic OH excluding ortho intramolecular Hbond substituents is 1. The van der Waals surface area contributed by atoms with Gasteiger partial charge >= 0.3 is 0 Å². The van der Waals surface area contributed by atoms with E-state index >= 15 is 0 Å². The molecular formula is C7H9NO4S. The van der Waals surface area contributed by atoms with Gasteiger partial charge in [-0.2, -0.15) is 8.42 Å². The standard InChI is InChI=1S/C7H9NO4S/c1-8-6-4-5(13(10,11)12)2-3-7(6)9/h2-4,8-9H,1H3,(H,10,11,12). The van der Waals surface area contributed by atoms with E-state index < -0.39 is 10.1 Å². The third kappa shape index (κ3) is 2.10. The maximum absolute atomic E-state index is 10.7. The van der Waals surface area contributed by atoms with Gasteiger partial charge in [-0.05, 0) is 18.2 Å². The number of aromatic hydroxyl groups is 1. The summed E-state index contributed by atoms with van der Waals surface area (Å²) in [7, 11) is -2.67. The Kier molecular flexibility index (Phi) is 2.44. The normalized spacial score (nSPS) is 11.2. The van der Waals surface area contributed by atoms with Crippen LogP contribution in [0.3, 0.4) is 0 Å². The molecule has 0 unspecified atom stereocenters.